The zero-order chi connectivity index (χ0) is 15.5. The molecule has 0 bridgehead atoms. The first-order chi connectivity index (χ1) is 11.3. The van der Waals surface area contributed by atoms with Gasteiger partial charge in [-0.25, -0.2) is 0 Å². The number of hydrogen-bond acceptors (Lipinski definition) is 4. The lowest BCUT2D eigenvalue weighted by atomic mass is 10.2. The van der Waals surface area contributed by atoms with E-state index in [-0.39, 0.29) is 0 Å². The molecule has 23 heavy (non-hydrogen) atoms. The number of rotatable bonds is 6. The van der Waals surface area contributed by atoms with Crippen LogP contribution in [0.15, 0.2) is 59.3 Å². The molecule has 4 rings (SSSR count). The minimum Gasteiger partial charge on any atom is -0.149 e. The fraction of sp³-hybridized carbons (Fsp3) is 0.158. The maximum atomic E-state index is 2.30. The van der Waals surface area contributed by atoms with Crippen molar-refractivity contribution in [2.45, 2.75) is 19.3 Å². The second-order valence-electron chi connectivity index (χ2n) is 5.43. The first-order valence-electron chi connectivity index (χ1n) is 7.55. The summed E-state index contributed by atoms with van der Waals surface area (Å²) in [6.07, 6.45) is 3.23. The summed E-state index contributed by atoms with van der Waals surface area (Å²) < 4.78 is 0. The van der Waals surface area contributed by atoms with Gasteiger partial charge >= 0.3 is 0 Å². The summed E-state index contributed by atoms with van der Waals surface area (Å²) in [5.74, 6) is 0. The minimum absolute atomic E-state index is 1.07. The van der Waals surface area contributed by atoms with Crippen LogP contribution >= 0.6 is 45.3 Å². The first-order valence-corrected chi connectivity index (χ1v) is 10.9. The Bertz CT molecular complexity index is 775. The molecule has 4 heteroatoms. The third kappa shape index (κ3) is 4.01. The van der Waals surface area contributed by atoms with Gasteiger partial charge in [-0.1, -0.05) is 12.1 Å². The van der Waals surface area contributed by atoms with E-state index in [2.05, 4.69) is 59.3 Å². The van der Waals surface area contributed by atoms with Crippen molar-refractivity contribution < 1.29 is 0 Å². The van der Waals surface area contributed by atoms with Gasteiger partial charge in [0.2, 0.25) is 0 Å². The Labute approximate surface area is 152 Å². The smallest absolute Gasteiger partial charge is 0.0163 e. The van der Waals surface area contributed by atoms with Crippen molar-refractivity contribution in [3.63, 3.8) is 0 Å². The molecular formula is C19H16S4. The molecule has 0 aliphatic heterocycles. The van der Waals surface area contributed by atoms with E-state index in [9.17, 15) is 0 Å². The van der Waals surface area contributed by atoms with E-state index < -0.39 is 0 Å². The Morgan fingerprint density at radius 1 is 0.478 bits per heavy atom. The summed E-state index contributed by atoms with van der Waals surface area (Å²) in [7, 11) is 0. The molecule has 0 N–H and O–H groups in total. The number of hydrogen-bond donors (Lipinski definition) is 0. The molecule has 0 atom stereocenters. The second-order valence-corrected chi connectivity index (χ2v) is 10.00. The molecule has 0 saturated heterocycles. The Hall–Kier alpha value is -1.20. The molecule has 0 aliphatic rings. The molecule has 0 aromatic carbocycles. The SMILES string of the molecule is c1csc(Cc2ccc(Cc3ccc(Cc4cccs4)s3)s2)c1. The van der Waals surface area contributed by atoms with E-state index in [1.54, 1.807) is 0 Å². The van der Waals surface area contributed by atoms with Gasteiger partial charge < -0.3 is 0 Å². The normalized spacial score (nSPS) is 11.1. The van der Waals surface area contributed by atoms with E-state index in [4.69, 9.17) is 0 Å². The van der Waals surface area contributed by atoms with Crippen LogP contribution in [0.2, 0.25) is 0 Å². The average molecular weight is 373 g/mol. The number of thiophene rings is 4. The molecule has 0 nitrogen and oxygen atoms in total. The van der Waals surface area contributed by atoms with E-state index in [1.165, 1.54) is 29.3 Å². The first kappa shape index (κ1) is 15.3. The zero-order valence-electron chi connectivity index (χ0n) is 12.5. The lowest BCUT2D eigenvalue weighted by molar-refractivity contribution is 1.30. The summed E-state index contributed by atoms with van der Waals surface area (Å²) in [5, 5.41) is 4.31. The fourth-order valence-corrected chi connectivity index (χ4v) is 6.42. The van der Waals surface area contributed by atoms with Gasteiger partial charge in [-0.05, 0) is 47.2 Å². The van der Waals surface area contributed by atoms with Crippen molar-refractivity contribution in [2.75, 3.05) is 0 Å². The molecule has 0 saturated carbocycles. The van der Waals surface area contributed by atoms with Crippen molar-refractivity contribution in [2.24, 2.45) is 0 Å². The van der Waals surface area contributed by atoms with Gasteiger partial charge in [0, 0.05) is 48.5 Å². The Morgan fingerprint density at radius 2 is 0.870 bits per heavy atom. The van der Waals surface area contributed by atoms with Crippen molar-refractivity contribution >= 4 is 45.3 Å². The standard InChI is InChI=1S/C19H16S4/c1-3-14(20-9-1)11-16-5-7-18(22-16)13-19-8-6-17(23-19)12-15-4-2-10-21-15/h1-10H,11-13H2. The molecule has 4 aromatic rings. The molecule has 4 aromatic heterocycles. The molecule has 0 amide bonds. The van der Waals surface area contributed by atoms with Crippen molar-refractivity contribution in [3.05, 3.63) is 88.6 Å². The van der Waals surface area contributed by atoms with Gasteiger partial charge in [-0.3, -0.25) is 0 Å². The van der Waals surface area contributed by atoms with E-state index in [0.717, 1.165) is 19.3 Å². The summed E-state index contributed by atoms with van der Waals surface area (Å²) >= 11 is 7.60. The third-order valence-electron chi connectivity index (χ3n) is 3.64. The van der Waals surface area contributed by atoms with Crippen molar-refractivity contribution in [1.82, 2.24) is 0 Å². The lowest BCUT2D eigenvalue weighted by Crippen LogP contribution is -1.78. The van der Waals surface area contributed by atoms with Crippen molar-refractivity contribution in [3.8, 4) is 0 Å². The zero-order valence-corrected chi connectivity index (χ0v) is 15.8. The molecule has 0 aliphatic carbocycles. The highest BCUT2D eigenvalue weighted by Crippen LogP contribution is 2.28. The van der Waals surface area contributed by atoms with Crippen LogP contribution < -0.4 is 0 Å². The molecule has 0 unspecified atom stereocenters. The third-order valence-corrected chi connectivity index (χ3v) is 7.56. The molecule has 0 spiro atoms. The molecular weight excluding hydrogens is 356 g/mol. The summed E-state index contributed by atoms with van der Waals surface area (Å²) in [4.78, 5) is 8.79. The Kier molecular flexibility index (Phi) is 4.76. The van der Waals surface area contributed by atoms with Crippen LogP contribution in [0.25, 0.3) is 0 Å². The van der Waals surface area contributed by atoms with Crippen LogP contribution in [0.1, 0.15) is 29.3 Å². The van der Waals surface area contributed by atoms with E-state index in [1.807, 2.05) is 45.3 Å². The highest BCUT2D eigenvalue weighted by molar-refractivity contribution is 7.14. The predicted octanol–water partition coefficient (Wildman–Crippen LogP) is 6.71. The van der Waals surface area contributed by atoms with Crippen molar-refractivity contribution in [1.29, 1.82) is 0 Å². The Balaban J connectivity index is 1.40. The fourth-order valence-electron chi connectivity index (χ4n) is 2.57. The summed E-state index contributed by atoms with van der Waals surface area (Å²) in [5.41, 5.74) is 0. The molecule has 116 valence electrons. The quantitative estimate of drug-likeness (QED) is 0.353. The van der Waals surface area contributed by atoms with E-state index in [0.29, 0.717) is 0 Å². The van der Waals surface area contributed by atoms with Crippen LogP contribution in [0.3, 0.4) is 0 Å². The van der Waals surface area contributed by atoms with Gasteiger partial charge in [0.05, 0.1) is 0 Å². The summed E-state index contributed by atoms with van der Waals surface area (Å²) in [6.45, 7) is 0. The van der Waals surface area contributed by atoms with Crippen LogP contribution in [-0.4, -0.2) is 0 Å². The average Bonchev–Trinajstić information content (AvgIpc) is 3.31. The predicted molar refractivity (Wildman–Crippen MR) is 106 cm³/mol. The van der Waals surface area contributed by atoms with Gasteiger partial charge in [0.25, 0.3) is 0 Å². The maximum absolute atomic E-state index is 2.30. The van der Waals surface area contributed by atoms with Crippen LogP contribution in [0, 0.1) is 0 Å². The van der Waals surface area contributed by atoms with Gasteiger partial charge in [0.1, 0.15) is 0 Å². The molecule has 0 fully saturated rings. The monoisotopic (exact) mass is 372 g/mol. The minimum atomic E-state index is 1.07. The van der Waals surface area contributed by atoms with Gasteiger partial charge in [-0.15, -0.1) is 45.3 Å². The van der Waals surface area contributed by atoms with Crippen LogP contribution in [0.4, 0.5) is 0 Å². The second kappa shape index (κ2) is 7.14. The largest absolute Gasteiger partial charge is 0.149 e. The molecule has 0 radical (unpaired) electrons. The van der Waals surface area contributed by atoms with Crippen LogP contribution in [0.5, 0.6) is 0 Å². The maximum Gasteiger partial charge on any atom is 0.0163 e. The molecule has 4 heterocycles. The highest BCUT2D eigenvalue weighted by Gasteiger charge is 2.07. The topological polar surface area (TPSA) is 0 Å². The van der Waals surface area contributed by atoms with Gasteiger partial charge in [0.15, 0.2) is 0 Å². The Morgan fingerprint density at radius 3 is 1.22 bits per heavy atom. The lowest BCUT2D eigenvalue weighted by Gasteiger charge is -1.95. The van der Waals surface area contributed by atoms with E-state index >= 15 is 0 Å². The highest BCUT2D eigenvalue weighted by atomic mass is 32.1. The van der Waals surface area contributed by atoms with Gasteiger partial charge in [-0.2, -0.15) is 0 Å². The summed E-state index contributed by atoms with van der Waals surface area (Å²) in [6, 6.07) is 17.9. The van der Waals surface area contributed by atoms with Crippen LogP contribution in [-0.2, 0) is 19.3 Å².